The smallest absolute Gasteiger partial charge is 0.293 e. The molecule has 19 heavy (non-hydrogen) atoms. The first-order valence-electron chi connectivity index (χ1n) is 7.06. The van der Waals surface area contributed by atoms with Gasteiger partial charge < -0.3 is 15.6 Å². The standard InChI is InChI=1S/C14H24N4O/c1-11(2)9-18-8-7-16-12(13(18)19)17-10-14(3-4-14)5-6-15/h7-8,11H,3-6,9-10,15H2,1-2H3,(H,16,17). The summed E-state index contributed by atoms with van der Waals surface area (Å²) in [6, 6.07) is 0. The molecule has 0 atom stereocenters. The van der Waals surface area contributed by atoms with Crippen molar-refractivity contribution in [2.24, 2.45) is 17.1 Å². The lowest BCUT2D eigenvalue weighted by atomic mass is 10.0. The van der Waals surface area contributed by atoms with Crippen LogP contribution in [0.15, 0.2) is 17.2 Å². The van der Waals surface area contributed by atoms with Crippen LogP contribution in [0.5, 0.6) is 0 Å². The van der Waals surface area contributed by atoms with Gasteiger partial charge in [0.25, 0.3) is 5.56 Å². The van der Waals surface area contributed by atoms with Gasteiger partial charge in [0.15, 0.2) is 5.82 Å². The van der Waals surface area contributed by atoms with Crippen molar-refractivity contribution in [3.8, 4) is 0 Å². The van der Waals surface area contributed by atoms with E-state index >= 15 is 0 Å². The molecule has 0 unspecified atom stereocenters. The minimum atomic E-state index is -0.0280. The van der Waals surface area contributed by atoms with E-state index in [9.17, 15) is 4.79 Å². The van der Waals surface area contributed by atoms with E-state index in [1.807, 2.05) is 0 Å². The van der Waals surface area contributed by atoms with Crippen LogP contribution < -0.4 is 16.6 Å². The molecular weight excluding hydrogens is 240 g/mol. The topological polar surface area (TPSA) is 72.9 Å². The second kappa shape index (κ2) is 5.74. The molecule has 1 aliphatic carbocycles. The van der Waals surface area contributed by atoms with Crippen molar-refractivity contribution in [3.05, 3.63) is 22.7 Å². The van der Waals surface area contributed by atoms with E-state index in [4.69, 9.17) is 5.73 Å². The highest BCUT2D eigenvalue weighted by molar-refractivity contribution is 5.31. The van der Waals surface area contributed by atoms with Crippen LogP contribution in [-0.4, -0.2) is 22.6 Å². The molecule has 5 heteroatoms. The maximum absolute atomic E-state index is 12.2. The first kappa shape index (κ1) is 14.1. The van der Waals surface area contributed by atoms with Crippen LogP contribution in [0.1, 0.15) is 33.1 Å². The Hall–Kier alpha value is -1.36. The lowest BCUT2D eigenvalue weighted by Crippen LogP contribution is -2.28. The van der Waals surface area contributed by atoms with Gasteiger partial charge in [0.1, 0.15) is 0 Å². The molecule has 0 radical (unpaired) electrons. The summed E-state index contributed by atoms with van der Waals surface area (Å²) < 4.78 is 1.72. The first-order chi connectivity index (χ1) is 9.06. The van der Waals surface area contributed by atoms with Crippen molar-refractivity contribution in [1.29, 1.82) is 0 Å². The van der Waals surface area contributed by atoms with Gasteiger partial charge in [-0.05, 0) is 37.1 Å². The molecule has 3 N–H and O–H groups in total. The summed E-state index contributed by atoms with van der Waals surface area (Å²) in [4.78, 5) is 16.4. The second-order valence-corrected chi connectivity index (χ2v) is 6.02. The molecule has 106 valence electrons. The van der Waals surface area contributed by atoms with Gasteiger partial charge >= 0.3 is 0 Å². The van der Waals surface area contributed by atoms with Gasteiger partial charge in [0.2, 0.25) is 0 Å². The molecule has 0 spiro atoms. The Bertz CT molecular complexity index is 477. The highest BCUT2D eigenvalue weighted by Gasteiger charge is 2.41. The SMILES string of the molecule is CC(C)Cn1ccnc(NCC2(CCN)CC2)c1=O. The fourth-order valence-electron chi connectivity index (χ4n) is 2.38. The maximum Gasteiger partial charge on any atom is 0.293 e. The van der Waals surface area contributed by atoms with Crippen LogP contribution in [-0.2, 0) is 6.54 Å². The molecule has 0 aromatic carbocycles. The van der Waals surface area contributed by atoms with Crippen LogP contribution >= 0.6 is 0 Å². The van der Waals surface area contributed by atoms with E-state index in [-0.39, 0.29) is 5.56 Å². The van der Waals surface area contributed by atoms with Gasteiger partial charge in [-0.15, -0.1) is 0 Å². The van der Waals surface area contributed by atoms with Crippen molar-refractivity contribution < 1.29 is 0 Å². The molecule has 0 amide bonds. The zero-order chi connectivity index (χ0) is 13.9. The van der Waals surface area contributed by atoms with Gasteiger partial charge in [-0.25, -0.2) is 4.98 Å². The number of nitrogens with zero attached hydrogens (tertiary/aromatic N) is 2. The number of aromatic nitrogens is 2. The summed E-state index contributed by atoms with van der Waals surface area (Å²) in [5.41, 5.74) is 5.90. The summed E-state index contributed by atoms with van der Waals surface area (Å²) >= 11 is 0. The van der Waals surface area contributed by atoms with E-state index in [0.29, 0.717) is 23.7 Å². The van der Waals surface area contributed by atoms with Gasteiger partial charge in [0, 0.05) is 25.5 Å². The summed E-state index contributed by atoms with van der Waals surface area (Å²) in [5.74, 6) is 0.909. The minimum Gasteiger partial charge on any atom is -0.365 e. The summed E-state index contributed by atoms with van der Waals surface area (Å²) in [6.45, 7) is 6.43. The van der Waals surface area contributed by atoms with Crippen molar-refractivity contribution in [1.82, 2.24) is 9.55 Å². The molecule has 1 aliphatic rings. The first-order valence-corrected chi connectivity index (χ1v) is 7.06. The molecule has 0 bridgehead atoms. The Morgan fingerprint density at radius 3 is 2.84 bits per heavy atom. The Balaban J connectivity index is 2.03. The number of hydrogen-bond donors (Lipinski definition) is 2. The molecule has 1 aromatic heterocycles. The van der Waals surface area contributed by atoms with Gasteiger partial charge in [0.05, 0.1) is 0 Å². The Morgan fingerprint density at radius 1 is 1.53 bits per heavy atom. The van der Waals surface area contributed by atoms with E-state index in [1.54, 1.807) is 17.0 Å². The van der Waals surface area contributed by atoms with Crippen LogP contribution in [0.3, 0.4) is 0 Å². The Labute approximate surface area is 114 Å². The molecular formula is C14H24N4O. The second-order valence-electron chi connectivity index (χ2n) is 6.02. The van der Waals surface area contributed by atoms with E-state index in [1.165, 1.54) is 12.8 Å². The predicted octanol–water partition coefficient (Wildman–Crippen LogP) is 1.44. The molecule has 5 nitrogen and oxygen atoms in total. The van der Waals surface area contributed by atoms with E-state index in [2.05, 4.69) is 24.1 Å². The summed E-state index contributed by atoms with van der Waals surface area (Å²) in [6.07, 6.45) is 6.86. The highest BCUT2D eigenvalue weighted by Crippen LogP contribution is 2.48. The monoisotopic (exact) mass is 264 g/mol. The fourth-order valence-corrected chi connectivity index (χ4v) is 2.38. The quantitative estimate of drug-likeness (QED) is 0.781. The predicted molar refractivity (Wildman–Crippen MR) is 77.2 cm³/mol. The average molecular weight is 264 g/mol. The number of anilines is 1. The van der Waals surface area contributed by atoms with Crippen LogP contribution in [0.2, 0.25) is 0 Å². The zero-order valence-corrected chi connectivity index (χ0v) is 11.9. The van der Waals surface area contributed by atoms with Crippen molar-refractivity contribution in [3.63, 3.8) is 0 Å². The molecule has 1 saturated carbocycles. The largest absolute Gasteiger partial charge is 0.365 e. The normalized spacial score (nSPS) is 16.6. The Morgan fingerprint density at radius 2 is 2.26 bits per heavy atom. The van der Waals surface area contributed by atoms with Crippen molar-refractivity contribution in [2.75, 3.05) is 18.4 Å². The number of hydrogen-bond acceptors (Lipinski definition) is 4. The lowest BCUT2D eigenvalue weighted by molar-refractivity contribution is 0.495. The number of nitrogens with two attached hydrogens (primary N) is 1. The third-order valence-corrected chi connectivity index (χ3v) is 3.74. The molecule has 0 saturated heterocycles. The third-order valence-electron chi connectivity index (χ3n) is 3.74. The molecule has 2 rings (SSSR count). The highest BCUT2D eigenvalue weighted by atomic mass is 16.1. The lowest BCUT2D eigenvalue weighted by Gasteiger charge is -2.16. The minimum absolute atomic E-state index is 0.0280. The average Bonchev–Trinajstić information content (AvgIpc) is 3.11. The number of nitrogens with one attached hydrogen (secondary N) is 1. The fraction of sp³-hybridized carbons (Fsp3) is 0.714. The molecule has 0 aliphatic heterocycles. The van der Waals surface area contributed by atoms with E-state index < -0.39 is 0 Å². The van der Waals surface area contributed by atoms with Crippen LogP contribution in [0, 0.1) is 11.3 Å². The Kier molecular flexibility index (Phi) is 4.24. The van der Waals surface area contributed by atoms with E-state index in [0.717, 1.165) is 19.5 Å². The third kappa shape index (κ3) is 3.56. The summed E-state index contributed by atoms with van der Waals surface area (Å²) in [7, 11) is 0. The summed E-state index contributed by atoms with van der Waals surface area (Å²) in [5, 5.41) is 3.21. The zero-order valence-electron chi connectivity index (χ0n) is 11.9. The van der Waals surface area contributed by atoms with Crippen molar-refractivity contribution in [2.45, 2.75) is 39.7 Å². The van der Waals surface area contributed by atoms with Crippen LogP contribution in [0.4, 0.5) is 5.82 Å². The molecule has 1 heterocycles. The molecule has 1 aromatic rings. The van der Waals surface area contributed by atoms with Gasteiger partial charge in [-0.3, -0.25) is 4.79 Å². The number of rotatable bonds is 7. The van der Waals surface area contributed by atoms with Gasteiger partial charge in [-0.2, -0.15) is 0 Å². The van der Waals surface area contributed by atoms with Crippen molar-refractivity contribution >= 4 is 5.82 Å². The molecule has 1 fully saturated rings. The van der Waals surface area contributed by atoms with Crippen LogP contribution in [0.25, 0.3) is 0 Å². The maximum atomic E-state index is 12.2. The van der Waals surface area contributed by atoms with Gasteiger partial charge in [-0.1, -0.05) is 13.8 Å².